The number of rotatable bonds is 5. The van der Waals surface area contributed by atoms with Crippen LogP contribution in [0.4, 0.5) is 0 Å². The van der Waals surface area contributed by atoms with Crippen LogP contribution in [0.3, 0.4) is 0 Å². The normalized spacial score (nSPS) is 18.3. The lowest BCUT2D eigenvalue weighted by molar-refractivity contribution is 0.0685. The van der Waals surface area contributed by atoms with E-state index in [0.717, 1.165) is 68.5 Å². The van der Waals surface area contributed by atoms with Crippen LogP contribution in [-0.4, -0.2) is 52.0 Å². The molecule has 5 rings (SSSR count). The van der Waals surface area contributed by atoms with Gasteiger partial charge in [0.05, 0.1) is 5.52 Å². The van der Waals surface area contributed by atoms with Crippen LogP contribution in [0.1, 0.15) is 53.7 Å². The zero-order valence-corrected chi connectivity index (χ0v) is 18.7. The number of aromatic nitrogens is 1. The quantitative estimate of drug-likeness (QED) is 0.601. The summed E-state index contributed by atoms with van der Waals surface area (Å²) in [5.41, 5.74) is 3.82. The number of nitrogens with one attached hydrogen (secondary N) is 1. The van der Waals surface area contributed by atoms with Crippen LogP contribution in [0.15, 0.2) is 48.5 Å². The molecule has 0 unspecified atom stereocenters. The van der Waals surface area contributed by atoms with Crippen LogP contribution in [0.2, 0.25) is 0 Å². The number of H-pyrrole nitrogens is 1. The lowest BCUT2D eigenvalue weighted by Crippen LogP contribution is -2.39. The van der Waals surface area contributed by atoms with Crippen LogP contribution >= 0.6 is 0 Å². The van der Waals surface area contributed by atoms with Gasteiger partial charge in [0.15, 0.2) is 0 Å². The molecular formula is C27H33N3O2. The second-order valence-corrected chi connectivity index (χ2v) is 9.47. The van der Waals surface area contributed by atoms with Crippen molar-refractivity contribution in [2.75, 3.05) is 26.2 Å². The molecule has 1 aromatic heterocycles. The Morgan fingerprint density at radius 1 is 0.969 bits per heavy atom. The summed E-state index contributed by atoms with van der Waals surface area (Å²) >= 11 is 0. The molecule has 32 heavy (non-hydrogen) atoms. The van der Waals surface area contributed by atoms with Crippen molar-refractivity contribution in [2.45, 2.75) is 45.1 Å². The molecule has 0 saturated carbocycles. The van der Waals surface area contributed by atoms with Crippen molar-refractivity contribution in [3.8, 4) is 5.75 Å². The number of phenolic OH excluding ortho intramolecular Hbond substituents is 1. The summed E-state index contributed by atoms with van der Waals surface area (Å²) in [4.78, 5) is 21.0. The summed E-state index contributed by atoms with van der Waals surface area (Å²) in [6, 6.07) is 16.3. The van der Waals surface area contributed by atoms with Crippen molar-refractivity contribution in [2.24, 2.45) is 5.92 Å². The Morgan fingerprint density at radius 3 is 2.47 bits per heavy atom. The maximum Gasteiger partial charge on any atom is 0.270 e. The Hall–Kier alpha value is -2.79. The maximum absolute atomic E-state index is 13.2. The number of likely N-dealkylation sites (tertiary alicyclic amines) is 2. The molecule has 0 atom stereocenters. The van der Waals surface area contributed by atoms with Gasteiger partial charge in [-0.3, -0.25) is 9.69 Å². The fraction of sp³-hybridized carbons (Fsp3) is 0.444. The first kappa shape index (κ1) is 21.1. The van der Waals surface area contributed by atoms with Crippen LogP contribution < -0.4 is 0 Å². The van der Waals surface area contributed by atoms with Gasteiger partial charge in [0, 0.05) is 30.6 Å². The van der Waals surface area contributed by atoms with Gasteiger partial charge in [-0.25, -0.2) is 0 Å². The van der Waals surface area contributed by atoms with E-state index in [1.165, 1.54) is 24.8 Å². The van der Waals surface area contributed by atoms with Crippen LogP contribution in [0.25, 0.3) is 10.9 Å². The monoisotopic (exact) mass is 431 g/mol. The fourth-order valence-electron chi connectivity index (χ4n) is 5.32. The van der Waals surface area contributed by atoms with Gasteiger partial charge in [-0.1, -0.05) is 36.8 Å². The number of carbonyl (C=O) groups is 1. The van der Waals surface area contributed by atoms with E-state index in [0.29, 0.717) is 17.4 Å². The lowest BCUT2D eigenvalue weighted by atomic mass is 9.90. The second kappa shape index (κ2) is 9.37. The Bertz CT molecular complexity index is 1060. The Labute approximate surface area is 190 Å². The first-order chi connectivity index (χ1) is 15.7. The van der Waals surface area contributed by atoms with Gasteiger partial charge in [0.1, 0.15) is 11.4 Å². The van der Waals surface area contributed by atoms with E-state index in [1.54, 1.807) is 6.07 Å². The zero-order chi connectivity index (χ0) is 21.9. The third-order valence-electron chi connectivity index (χ3n) is 7.21. The molecule has 168 valence electrons. The SMILES string of the molecule is O=C(c1cc2ccc(O)c(CN3CCCCC3)c2[nH]1)N1CCC(Cc2ccccc2)CC1. The number of amides is 1. The van der Waals surface area contributed by atoms with E-state index >= 15 is 0 Å². The smallest absolute Gasteiger partial charge is 0.270 e. The Morgan fingerprint density at radius 2 is 1.72 bits per heavy atom. The molecule has 0 spiro atoms. The molecule has 2 aliphatic heterocycles. The number of aromatic amines is 1. The first-order valence-electron chi connectivity index (χ1n) is 12.1. The highest BCUT2D eigenvalue weighted by Gasteiger charge is 2.25. The molecule has 3 aromatic rings. The van der Waals surface area contributed by atoms with Crippen molar-refractivity contribution < 1.29 is 9.90 Å². The molecule has 0 radical (unpaired) electrons. The van der Waals surface area contributed by atoms with E-state index in [-0.39, 0.29) is 5.91 Å². The van der Waals surface area contributed by atoms with E-state index in [4.69, 9.17) is 0 Å². The average molecular weight is 432 g/mol. The molecule has 0 aliphatic carbocycles. The van der Waals surface area contributed by atoms with Gasteiger partial charge in [0.2, 0.25) is 0 Å². The number of hydrogen-bond donors (Lipinski definition) is 2. The fourth-order valence-corrected chi connectivity index (χ4v) is 5.32. The van der Waals surface area contributed by atoms with E-state index in [9.17, 15) is 9.90 Å². The molecule has 2 aliphatic rings. The highest BCUT2D eigenvalue weighted by atomic mass is 16.3. The van der Waals surface area contributed by atoms with Crippen molar-refractivity contribution in [3.05, 3.63) is 65.4 Å². The number of piperidine rings is 2. The number of phenols is 1. The summed E-state index contributed by atoms with van der Waals surface area (Å²) in [6.45, 7) is 4.47. The highest BCUT2D eigenvalue weighted by Crippen LogP contribution is 2.30. The molecular weight excluding hydrogens is 398 g/mol. The summed E-state index contributed by atoms with van der Waals surface area (Å²) in [5.74, 6) is 1.02. The Balaban J connectivity index is 1.27. The summed E-state index contributed by atoms with van der Waals surface area (Å²) < 4.78 is 0. The largest absolute Gasteiger partial charge is 0.508 e. The predicted octanol–water partition coefficient (Wildman–Crippen LogP) is 4.95. The van der Waals surface area contributed by atoms with Gasteiger partial charge in [0.25, 0.3) is 5.91 Å². The maximum atomic E-state index is 13.2. The Kier molecular flexibility index (Phi) is 6.17. The molecule has 2 fully saturated rings. The molecule has 2 saturated heterocycles. The standard InChI is InChI=1S/C27H33N3O2/c31-25-10-9-22-18-24(28-26(22)23(25)19-29-13-5-2-6-14-29)27(32)30-15-11-21(12-16-30)17-20-7-3-1-4-8-20/h1,3-4,7-10,18,21,28,31H,2,5-6,11-17,19H2. The van der Waals surface area contributed by atoms with Crippen LogP contribution in [-0.2, 0) is 13.0 Å². The summed E-state index contributed by atoms with van der Waals surface area (Å²) in [7, 11) is 0. The van der Waals surface area contributed by atoms with Crippen LogP contribution in [0.5, 0.6) is 5.75 Å². The highest BCUT2D eigenvalue weighted by molar-refractivity contribution is 5.99. The number of nitrogens with zero attached hydrogens (tertiary/aromatic N) is 2. The van der Waals surface area contributed by atoms with Gasteiger partial charge >= 0.3 is 0 Å². The number of fused-ring (bicyclic) bond motifs is 1. The minimum atomic E-state index is 0.0720. The van der Waals surface area contributed by atoms with Crippen molar-refractivity contribution in [1.29, 1.82) is 0 Å². The van der Waals surface area contributed by atoms with Crippen molar-refractivity contribution in [3.63, 3.8) is 0 Å². The first-order valence-corrected chi connectivity index (χ1v) is 12.1. The van der Waals surface area contributed by atoms with Gasteiger partial charge < -0.3 is 15.0 Å². The molecule has 2 aromatic carbocycles. The second-order valence-electron chi connectivity index (χ2n) is 9.47. The molecule has 5 nitrogen and oxygen atoms in total. The number of carbonyl (C=O) groups excluding carboxylic acids is 1. The summed E-state index contributed by atoms with van der Waals surface area (Å²) in [5, 5.41) is 11.5. The molecule has 3 heterocycles. The third-order valence-corrected chi connectivity index (χ3v) is 7.21. The van der Waals surface area contributed by atoms with E-state index in [1.807, 2.05) is 17.0 Å². The lowest BCUT2D eigenvalue weighted by Gasteiger charge is -2.31. The number of aromatic hydroxyl groups is 1. The topological polar surface area (TPSA) is 59.6 Å². The third kappa shape index (κ3) is 4.53. The molecule has 2 N–H and O–H groups in total. The molecule has 0 bridgehead atoms. The number of benzene rings is 2. The molecule has 1 amide bonds. The van der Waals surface area contributed by atoms with Crippen molar-refractivity contribution in [1.82, 2.24) is 14.8 Å². The van der Waals surface area contributed by atoms with Crippen LogP contribution in [0, 0.1) is 5.92 Å². The number of hydrogen-bond acceptors (Lipinski definition) is 3. The summed E-state index contributed by atoms with van der Waals surface area (Å²) in [6.07, 6.45) is 6.89. The van der Waals surface area contributed by atoms with Crippen molar-refractivity contribution >= 4 is 16.8 Å². The molecule has 5 heteroatoms. The van der Waals surface area contributed by atoms with E-state index < -0.39 is 0 Å². The van der Waals surface area contributed by atoms with E-state index in [2.05, 4.69) is 40.2 Å². The van der Waals surface area contributed by atoms with Gasteiger partial charge in [-0.15, -0.1) is 0 Å². The average Bonchev–Trinajstić information content (AvgIpc) is 3.27. The zero-order valence-electron chi connectivity index (χ0n) is 18.7. The predicted molar refractivity (Wildman–Crippen MR) is 128 cm³/mol. The minimum Gasteiger partial charge on any atom is -0.508 e. The minimum absolute atomic E-state index is 0.0720. The van der Waals surface area contributed by atoms with Gasteiger partial charge in [-0.2, -0.15) is 0 Å². The van der Waals surface area contributed by atoms with Gasteiger partial charge in [-0.05, 0) is 74.9 Å².